The van der Waals surface area contributed by atoms with Gasteiger partial charge in [0.1, 0.15) is 6.33 Å². The fraction of sp³-hybridized carbons (Fsp3) is 0. The standard InChI is InChI=1S/C13H8ClN3/c14-13-16-8-15-12(17-13)11-7-3-5-9-4-1-2-6-10(9)11/h1-8H. The van der Waals surface area contributed by atoms with E-state index in [1.165, 1.54) is 6.33 Å². The van der Waals surface area contributed by atoms with Gasteiger partial charge in [-0.15, -0.1) is 0 Å². The van der Waals surface area contributed by atoms with Gasteiger partial charge in [0, 0.05) is 5.56 Å². The Hall–Kier alpha value is -2.00. The minimum Gasteiger partial charge on any atom is -0.216 e. The van der Waals surface area contributed by atoms with Crippen LogP contribution < -0.4 is 0 Å². The van der Waals surface area contributed by atoms with Crippen LogP contribution in [0.2, 0.25) is 5.28 Å². The molecule has 0 saturated carbocycles. The molecule has 0 N–H and O–H groups in total. The van der Waals surface area contributed by atoms with Gasteiger partial charge in [-0.1, -0.05) is 42.5 Å². The molecule has 0 bridgehead atoms. The van der Waals surface area contributed by atoms with Crippen molar-refractivity contribution in [3.63, 3.8) is 0 Å². The molecule has 0 aliphatic carbocycles. The molecule has 3 aromatic rings. The van der Waals surface area contributed by atoms with Crippen molar-refractivity contribution in [3.05, 3.63) is 54.1 Å². The second-order valence-corrected chi connectivity index (χ2v) is 3.94. The Morgan fingerprint density at radius 3 is 2.59 bits per heavy atom. The zero-order valence-electron chi connectivity index (χ0n) is 8.84. The highest BCUT2D eigenvalue weighted by molar-refractivity contribution is 6.28. The van der Waals surface area contributed by atoms with Gasteiger partial charge in [0.25, 0.3) is 0 Å². The first-order valence-corrected chi connectivity index (χ1v) is 5.55. The Morgan fingerprint density at radius 1 is 0.882 bits per heavy atom. The molecule has 0 atom stereocenters. The summed E-state index contributed by atoms with van der Waals surface area (Å²) in [5.41, 5.74) is 0.965. The third-order valence-electron chi connectivity index (χ3n) is 2.57. The molecule has 0 aliphatic heterocycles. The van der Waals surface area contributed by atoms with Crippen LogP contribution in [-0.2, 0) is 0 Å². The van der Waals surface area contributed by atoms with Crippen molar-refractivity contribution in [3.8, 4) is 11.4 Å². The summed E-state index contributed by atoms with van der Waals surface area (Å²) in [6, 6.07) is 14.1. The van der Waals surface area contributed by atoms with Gasteiger partial charge < -0.3 is 0 Å². The Labute approximate surface area is 103 Å². The van der Waals surface area contributed by atoms with E-state index in [0.717, 1.165) is 16.3 Å². The van der Waals surface area contributed by atoms with Crippen molar-refractivity contribution in [2.75, 3.05) is 0 Å². The third kappa shape index (κ3) is 1.85. The van der Waals surface area contributed by atoms with Gasteiger partial charge in [0.15, 0.2) is 5.82 Å². The van der Waals surface area contributed by atoms with Crippen LogP contribution >= 0.6 is 11.6 Å². The molecule has 3 rings (SSSR count). The molecule has 0 saturated heterocycles. The van der Waals surface area contributed by atoms with E-state index in [2.05, 4.69) is 27.1 Å². The predicted octanol–water partition coefficient (Wildman–Crippen LogP) is 3.35. The highest BCUT2D eigenvalue weighted by atomic mass is 35.5. The monoisotopic (exact) mass is 241 g/mol. The van der Waals surface area contributed by atoms with E-state index in [9.17, 15) is 0 Å². The summed E-state index contributed by atoms with van der Waals surface area (Å²) in [5.74, 6) is 0.599. The highest BCUT2D eigenvalue weighted by Crippen LogP contribution is 2.25. The van der Waals surface area contributed by atoms with E-state index in [0.29, 0.717) is 5.82 Å². The molecule has 3 nitrogen and oxygen atoms in total. The van der Waals surface area contributed by atoms with E-state index in [1.807, 2.05) is 30.3 Å². The van der Waals surface area contributed by atoms with Gasteiger partial charge >= 0.3 is 0 Å². The van der Waals surface area contributed by atoms with Crippen molar-refractivity contribution >= 4 is 22.4 Å². The molecular weight excluding hydrogens is 234 g/mol. The summed E-state index contributed by atoms with van der Waals surface area (Å²) >= 11 is 5.78. The first kappa shape index (κ1) is 10.2. The number of halogens is 1. The molecule has 0 amide bonds. The average molecular weight is 242 g/mol. The Morgan fingerprint density at radius 2 is 1.71 bits per heavy atom. The zero-order chi connectivity index (χ0) is 11.7. The molecule has 1 heterocycles. The lowest BCUT2D eigenvalue weighted by Crippen LogP contribution is -1.92. The van der Waals surface area contributed by atoms with Crippen molar-refractivity contribution in [2.45, 2.75) is 0 Å². The summed E-state index contributed by atoms with van der Waals surface area (Å²) < 4.78 is 0. The lowest BCUT2D eigenvalue weighted by Gasteiger charge is -2.04. The van der Waals surface area contributed by atoms with E-state index >= 15 is 0 Å². The Balaban J connectivity index is 2.30. The normalized spacial score (nSPS) is 10.6. The zero-order valence-corrected chi connectivity index (χ0v) is 9.59. The Kier molecular flexibility index (Phi) is 2.46. The van der Waals surface area contributed by atoms with E-state index in [1.54, 1.807) is 0 Å². The predicted molar refractivity (Wildman–Crippen MR) is 67.8 cm³/mol. The molecule has 4 heteroatoms. The SMILES string of the molecule is Clc1ncnc(-c2cccc3ccccc23)n1. The quantitative estimate of drug-likeness (QED) is 0.656. The second-order valence-electron chi connectivity index (χ2n) is 3.60. The summed E-state index contributed by atoms with van der Waals surface area (Å²) in [4.78, 5) is 12.1. The molecule has 2 aromatic carbocycles. The third-order valence-corrected chi connectivity index (χ3v) is 2.76. The van der Waals surface area contributed by atoms with Crippen LogP contribution in [0.15, 0.2) is 48.8 Å². The van der Waals surface area contributed by atoms with Crippen molar-refractivity contribution < 1.29 is 0 Å². The van der Waals surface area contributed by atoms with E-state index in [-0.39, 0.29) is 5.28 Å². The maximum atomic E-state index is 5.78. The van der Waals surface area contributed by atoms with Gasteiger partial charge in [-0.25, -0.2) is 9.97 Å². The highest BCUT2D eigenvalue weighted by Gasteiger charge is 2.06. The lowest BCUT2D eigenvalue weighted by molar-refractivity contribution is 1.06. The summed E-state index contributed by atoms with van der Waals surface area (Å²) in [7, 11) is 0. The Bertz CT molecular complexity index is 677. The van der Waals surface area contributed by atoms with Gasteiger partial charge in [-0.2, -0.15) is 4.98 Å². The molecule has 1 aromatic heterocycles. The minimum absolute atomic E-state index is 0.211. The second kappa shape index (κ2) is 4.11. The maximum absolute atomic E-state index is 5.78. The van der Waals surface area contributed by atoms with Crippen LogP contribution in [-0.4, -0.2) is 15.0 Å². The fourth-order valence-corrected chi connectivity index (χ4v) is 1.95. The first-order chi connectivity index (χ1) is 8.34. The molecule has 82 valence electrons. The van der Waals surface area contributed by atoms with E-state index < -0.39 is 0 Å². The molecular formula is C13H8ClN3. The van der Waals surface area contributed by atoms with Crippen LogP contribution in [0.3, 0.4) is 0 Å². The lowest BCUT2D eigenvalue weighted by atomic mass is 10.0. The molecule has 0 spiro atoms. The van der Waals surface area contributed by atoms with Crippen LogP contribution in [0, 0.1) is 0 Å². The molecule has 17 heavy (non-hydrogen) atoms. The number of aromatic nitrogens is 3. The van der Waals surface area contributed by atoms with Crippen molar-refractivity contribution in [1.82, 2.24) is 15.0 Å². The largest absolute Gasteiger partial charge is 0.225 e. The fourth-order valence-electron chi connectivity index (χ4n) is 1.83. The summed E-state index contributed by atoms with van der Waals surface area (Å²) in [6.45, 7) is 0. The number of hydrogen-bond acceptors (Lipinski definition) is 3. The smallest absolute Gasteiger partial charge is 0.216 e. The number of nitrogens with zero attached hydrogens (tertiary/aromatic N) is 3. The van der Waals surface area contributed by atoms with Crippen LogP contribution in [0.5, 0.6) is 0 Å². The first-order valence-electron chi connectivity index (χ1n) is 5.17. The number of benzene rings is 2. The minimum atomic E-state index is 0.211. The number of hydrogen-bond donors (Lipinski definition) is 0. The van der Waals surface area contributed by atoms with Gasteiger partial charge in [0.05, 0.1) is 0 Å². The summed E-state index contributed by atoms with van der Waals surface area (Å²) in [6.07, 6.45) is 1.42. The van der Waals surface area contributed by atoms with Crippen molar-refractivity contribution in [1.29, 1.82) is 0 Å². The van der Waals surface area contributed by atoms with Crippen molar-refractivity contribution in [2.24, 2.45) is 0 Å². The van der Waals surface area contributed by atoms with Crippen LogP contribution in [0.25, 0.3) is 22.2 Å². The van der Waals surface area contributed by atoms with Crippen LogP contribution in [0.1, 0.15) is 0 Å². The number of fused-ring (bicyclic) bond motifs is 1. The van der Waals surface area contributed by atoms with Gasteiger partial charge in [0.2, 0.25) is 5.28 Å². The molecule has 0 fully saturated rings. The van der Waals surface area contributed by atoms with E-state index in [4.69, 9.17) is 11.6 Å². The average Bonchev–Trinajstić information content (AvgIpc) is 2.38. The molecule has 0 aliphatic rings. The molecule has 0 unspecified atom stereocenters. The van der Waals surface area contributed by atoms with Gasteiger partial charge in [-0.05, 0) is 22.4 Å². The maximum Gasteiger partial charge on any atom is 0.225 e. The summed E-state index contributed by atoms with van der Waals surface area (Å²) in [5, 5.41) is 2.47. The van der Waals surface area contributed by atoms with Crippen LogP contribution in [0.4, 0.5) is 0 Å². The number of rotatable bonds is 1. The topological polar surface area (TPSA) is 38.7 Å². The molecule has 0 radical (unpaired) electrons. The van der Waals surface area contributed by atoms with Gasteiger partial charge in [-0.3, -0.25) is 0 Å².